The van der Waals surface area contributed by atoms with E-state index in [1.54, 1.807) is 0 Å². The minimum absolute atomic E-state index is 1.86. The van der Waals surface area contributed by atoms with E-state index in [9.17, 15) is 224 Å². The van der Waals surface area contributed by atoms with Crippen molar-refractivity contribution in [2.24, 2.45) is 0 Å². The van der Waals surface area contributed by atoms with E-state index >= 15 is 0 Å². The summed E-state index contributed by atoms with van der Waals surface area (Å²) in [6.45, 7) is -1.86. The van der Waals surface area contributed by atoms with Crippen LogP contribution in [0, 0.1) is 0 Å². The van der Waals surface area contributed by atoms with Gasteiger partial charge in [-0.1, -0.05) is 0 Å². The van der Waals surface area contributed by atoms with Crippen LogP contribution in [0.2, 0.25) is 0 Å². The Kier molecular flexibility index (Phi) is 16.4. The van der Waals surface area contributed by atoms with Crippen molar-refractivity contribution in [1.29, 1.82) is 0 Å². The first-order chi connectivity index (χ1) is 32.0. The van der Waals surface area contributed by atoms with Crippen molar-refractivity contribution >= 4 is 0 Å². The van der Waals surface area contributed by atoms with Crippen molar-refractivity contribution in [3.8, 4) is 0 Å². The average molecular weight is 1280 g/mol. The summed E-state index contributed by atoms with van der Waals surface area (Å²) >= 11 is 0. The van der Waals surface area contributed by atoms with E-state index < -0.39 is 155 Å². The molecule has 0 heterocycles. The summed E-state index contributed by atoms with van der Waals surface area (Å²) in [7, 11) is 0. The molecule has 0 spiro atoms. The Morgan fingerprint density at radius 2 is 0.169 bits per heavy atom. The molecule has 0 fully saturated rings. The van der Waals surface area contributed by atoms with Gasteiger partial charge in [0.15, 0.2) is 0 Å². The second kappa shape index (κ2) is 17.2. The molecule has 0 aliphatic carbocycles. The maximum atomic E-state index is 14.1. The van der Waals surface area contributed by atoms with Gasteiger partial charge in [-0.25, -0.2) is 0 Å². The molecule has 0 aromatic heterocycles. The van der Waals surface area contributed by atoms with Crippen LogP contribution in [0.3, 0.4) is 0 Å². The fourth-order valence-corrected chi connectivity index (χ4v) is 4.59. The van der Waals surface area contributed by atoms with Gasteiger partial charge in [0.1, 0.15) is 0 Å². The van der Waals surface area contributed by atoms with Crippen LogP contribution in [-0.4, -0.2) is 148 Å². The first kappa shape index (κ1) is 73.4. The van der Waals surface area contributed by atoms with Crippen LogP contribution in [0.15, 0.2) is 0 Å². The predicted molar refractivity (Wildman–Crippen MR) is 130 cm³/mol. The van der Waals surface area contributed by atoms with Crippen LogP contribution < -0.4 is 0 Å². The van der Waals surface area contributed by atoms with Crippen LogP contribution in [-0.2, 0) is 0 Å². The summed E-state index contributed by atoms with van der Waals surface area (Å²) in [6.07, 6.45) is -8.64. The Labute approximate surface area is 380 Å². The molecule has 0 bridgehead atoms. The van der Waals surface area contributed by atoms with Crippen LogP contribution in [0.25, 0.3) is 0 Å². The summed E-state index contributed by atoms with van der Waals surface area (Å²) in [5, 5.41) is 0. The van der Waals surface area contributed by atoms with E-state index in [4.69, 9.17) is 0 Å². The number of halogens is 51. The summed E-state index contributed by atoms with van der Waals surface area (Å²) < 4.78 is 698. The normalized spacial score (nSPS) is 17.6. The molecule has 0 aliphatic heterocycles. The first-order valence-corrected chi connectivity index (χ1v) is 16.1. The van der Waals surface area contributed by atoms with Gasteiger partial charge in [0.2, 0.25) is 0 Å². The van der Waals surface area contributed by atoms with Gasteiger partial charge in [-0.3, -0.25) is 0 Å². The lowest BCUT2D eigenvalue weighted by atomic mass is 9.81. The van der Waals surface area contributed by atoms with Gasteiger partial charge in [0.05, 0.1) is 0 Å². The molecule has 0 aliphatic rings. The summed E-state index contributed by atoms with van der Waals surface area (Å²) in [4.78, 5) is 0. The molecular weight excluding hydrogens is 1280 g/mol. The monoisotopic (exact) mass is 1280 g/mol. The molecule has 0 aromatic carbocycles. The highest BCUT2D eigenvalue weighted by Crippen LogP contribution is 2.73. The van der Waals surface area contributed by atoms with E-state index in [2.05, 4.69) is 0 Å². The Morgan fingerprint density at radius 1 is 0.104 bits per heavy atom. The summed E-state index contributed by atoms with van der Waals surface area (Å²) in [5.41, 5.74) is 0. The van der Waals surface area contributed by atoms with Gasteiger partial charge in [0, 0.05) is 6.92 Å². The molecule has 0 aromatic rings. The van der Waals surface area contributed by atoms with Gasteiger partial charge in [0.25, 0.3) is 0 Å². The third-order valence-corrected chi connectivity index (χ3v) is 9.58. The van der Waals surface area contributed by atoms with Crippen molar-refractivity contribution in [2.75, 3.05) is 0 Å². The minimum Gasteiger partial charge on any atom is -0.200 e. The molecule has 0 N–H and O–H groups in total. The average Bonchev–Trinajstić information content (AvgIpc) is 3.18. The lowest BCUT2D eigenvalue weighted by Gasteiger charge is -2.48. The third kappa shape index (κ3) is 7.96. The predicted octanol–water partition coefficient (Wildman–Crippen LogP) is 16.8. The number of rotatable bonds is 23. The van der Waals surface area contributed by atoms with Gasteiger partial charge in [-0.05, 0) is 0 Å². The topological polar surface area (TPSA) is 0 Å². The van der Waals surface area contributed by atoms with E-state index in [1.807, 2.05) is 0 Å². The molecule has 0 atom stereocenters. The molecule has 0 saturated carbocycles. The number of hydrogen-bond donors (Lipinski definition) is 0. The SMILES string of the molecule is CC(F)(F)C(F)(F)C(F)(F)C(F)(F)C(F)(F)C(F)(F)C(F)(F)C(F)(F)C(F)(F)C(F)(F)C(F)(F)C(F)(F)C(F)(F)C(F)(F)C(F)(F)C(F)(F)C(F)(F)C(F)(F)C(F)(F)C(F)(F)C(F)(F)C(F)(F)C(F)(F)C(F)(F)C(F)(F)F. The van der Waals surface area contributed by atoms with Crippen molar-refractivity contribution < 1.29 is 224 Å². The Balaban J connectivity index is 8.22. The maximum absolute atomic E-state index is 14.1. The van der Waals surface area contributed by atoms with Crippen LogP contribution in [0.4, 0.5) is 224 Å². The second-order valence-electron chi connectivity index (χ2n) is 14.6. The van der Waals surface area contributed by atoms with E-state index in [-0.39, 0.29) is 0 Å². The molecule has 0 radical (unpaired) electrons. The van der Waals surface area contributed by atoms with Crippen LogP contribution in [0.1, 0.15) is 6.92 Å². The molecule has 51 heteroatoms. The quantitative estimate of drug-likeness (QED) is 0.0895. The fraction of sp³-hybridized carbons (Fsp3) is 1.00. The number of alkyl halides is 51. The van der Waals surface area contributed by atoms with Crippen LogP contribution >= 0.6 is 0 Å². The summed E-state index contributed by atoms with van der Waals surface area (Å²) in [6, 6.07) is 0. The smallest absolute Gasteiger partial charge is 0.200 e. The Hall–Kier alpha value is -3.57. The van der Waals surface area contributed by atoms with Crippen molar-refractivity contribution in [1.82, 2.24) is 0 Å². The van der Waals surface area contributed by atoms with Gasteiger partial charge < -0.3 is 0 Å². The molecule has 0 unspecified atom stereocenters. The standard InChI is InChI=1S/C26H3F51/c1-2(27,28)3(29,30)4(31,32)5(33,34)6(35,36)7(37,38)8(39,40)9(41,42)10(43,44)11(45,46)12(47,48)13(49,50)14(51,52)15(53,54)16(55,56)17(57,58)18(59,60)19(61,62)20(63,64)21(65,66)22(67,68)23(69,70)24(71,72)25(73,74)26(75,76)77/h1H3. The highest BCUT2D eigenvalue weighted by atomic mass is 19.5. The Bertz CT molecular complexity index is 1980. The highest BCUT2D eigenvalue weighted by Gasteiger charge is 3.05. The highest BCUT2D eigenvalue weighted by molar-refractivity contribution is 5.25. The first-order valence-electron chi connectivity index (χ1n) is 16.1. The van der Waals surface area contributed by atoms with Gasteiger partial charge in [-0.2, -0.15) is 224 Å². The Morgan fingerprint density at radius 3 is 0.234 bits per heavy atom. The van der Waals surface area contributed by atoms with Crippen molar-refractivity contribution in [3.05, 3.63) is 0 Å². The van der Waals surface area contributed by atoms with Crippen molar-refractivity contribution in [3.63, 3.8) is 0 Å². The van der Waals surface area contributed by atoms with Gasteiger partial charge in [-0.15, -0.1) is 0 Å². The zero-order valence-corrected chi connectivity index (χ0v) is 32.8. The fourth-order valence-electron chi connectivity index (χ4n) is 4.59. The lowest BCUT2D eigenvalue weighted by molar-refractivity contribution is -0.499. The molecule has 0 rings (SSSR count). The zero-order valence-electron chi connectivity index (χ0n) is 32.8. The van der Waals surface area contributed by atoms with Crippen LogP contribution in [0.5, 0.6) is 0 Å². The lowest BCUT2D eigenvalue weighted by Crippen LogP contribution is -2.81. The molecule has 464 valence electrons. The molecule has 0 saturated heterocycles. The molecule has 77 heavy (non-hydrogen) atoms. The number of hydrogen-bond acceptors (Lipinski definition) is 0. The van der Waals surface area contributed by atoms with E-state index in [0.29, 0.717) is 0 Å². The van der Waals surface area contributed by atoms with Crippen molar-refractivity contribution in [2.45, 2.75) is 155 Å². The molecule has 0 nitrogen and oxygen atoms in total. The summed E-state index contributed by atoms with van der Waals surface area (Å²) in [5.74, 6) is -246. The largest absolute Gasteiger partial charge is 0.460 e. The third-order valence-electron chi connectivity index (χ3n) is 9.58. The zero-order chi connectivity index (χ0) is 64.5. The molecular formula is C26H3F51. The van der Waals surface area contributed by atoms with Gasteiger partial charge >= 0.3 is 148 Å². The second-order valence-corrected chi connectivity index (χ2v) is 14.6. The minimum atomic E-state index is -11.0. The molecule has 0 amide bonds. The van der Waals surface area contributed by atoms with E-state index in [0.717, 1.165) is 0 Å². The van der Waals surface area contributed by atoms with E-state index in [1.165, 1.54) is 0 Å². The maximum Gasteiger partial charge on any atom is 0.460 e.